The van der Waals surface area contributed by atoms with E-state index in [4.69, 9.17) is 9.47 Å². The molecule has 0 unspecified atom stereocenters. The second-order valence-corrected chi connectivity index (χ2v) is 6.97. The van der Waals surface area contributed by atoms with Crippen LogP contribution in [0.25, 0.3) is 0 Å². The number of halogens is 1. The fraction of sp³-hybridized carbons (Fsp3) is 0.375. The van der Waals surface area contributed by atoms with Gasteiger partial charge in [0.2, 0.25) is 0 Å². The van der Waals surface area contributed by atoms with E-state index in [2.05, 4.69) is 32.8 Å². The highest BCUT2D eigenvalue weighted by Crippen LogP contribution is 2.37. The number of fused-ring (bicyclic) bond motifs is 1. The van der Waals surface area contributed by atoms with Gasteiger partial charge >= 0.3 is 0 Å². The molecule has 4 nitrogen and oxygen atoms in total. The van der Waals surface area contributed by atoms with Crippen molar-refractivity contribution in [3.8, 4) is 11.5 Å². The van der Waals surface area contributed by atoms with E-state index in [1.54, 1.807) is 11.8 Å². The standard InChI is InChI=1S/C16H17BrN2O2S/c1-9-10(2)18-16(19-11(9)3)22-8-12-6-14-15(7-13(12)17)21-5-4-20-14/h6-7H,4-5,8H2,1-3H3. The summed E-state index contributed by atoms with van der Waals surface area (Å²) in [4.78, 5) is 9.09. The monoisotopic (exact) mass is 380 g/mol. The number of hydrogen-bond donors (Lipinski definition) is 0. The van der Waals surface area contributed by atoms with Gasteiger partial charge in [-0.2, -0.15) is 0 Å². The van der Waals surface area contributed by atoms with Crippen LogP contribution < -0.4 is 9.47 Å². The second kappa shape index (κ2) is 6.46. The lowest BCUT2D eigenvalue weighted by Crippen LogP contribution is -2.15. The van der Waals surface area contributed by atoms with E-state index in [1.165, 1.54) is 0 Å². The molecule has 1 aromatic heterocycles. The van der Waals surface area contributed by atoms with Gasteiger partial charge < -0.3 is 9.47 Å². The lowest BCUT2D eigenvalue weighted by Gasteiger charge is -2.19. The predicted octanol–water partition coefficient (Wildman–Crippen LogP) is 4.23. The Kier molecular flexibility index (Phi) is 4.59. The third kappa shape index (κ3) is 3.22. The molecule has 0 saturated carbocycles. The highest BCUT2D eigenvalue weighted by Gasteiger charge is 2.15. The van der Waals surface area contributed by atoms with Crippen LogP contribution in [0.2, 0.25) is 0 Å². The number of aromatic nitrogens is 2. The van der Waals surface area contributed by atoms with Crippen molar-refractivity contribution in [1.82, 2.24) is 9.97 Å². The number of rotatable bonds is 3. The van der Waals surface area contributed by atoms with Crippen LogP contribution in [0.3, 0.4) is 0 Å². The van der Waals surface area contributed by atoms with Crippen LogP contribution in [-0.4, -0.2) is 23.2 Å². The van der Waals surface area contributed by atoms with E-state index < -0.39 is 0 Å². The molecule has 22 heavy (non-hydrogen) atoms. The zero-order valence-corrected chi connectivity index (χ0v) is 15.2. The van der Waals surface area contributed by atoms with E-state index in [0.29, 0.717) is 13.2 Å². The van der Waals surface area contributed by atoms with Crippen molar-refractivity contribution in [1.29, 1.82) is 0 Å². The number of ether oxygens (including phenoxy) is 2. The van der Waals surface area contributed by atoms with Crippen LogP contribution in [-0.2, 0) is 5.75 Å². The maximum absolute atomic E-state index is 5.64. The number of hydrogen-bond acceptors (Lipinski definition) is 5. The molecule has 1 aliphatic rings. The molecule has 3 rings (SSSR count). The number of nitrogens with zero attached hydrogens (tertiary/aromatic N) is 2. The zero-order chi connectivity index (χ0) is 15.7. The SMILES string of the molecule is Cc1nc(SCc2cc3c(cc2Br)OCCO3)nc(C)c1C. The van der Waals surface area contributed by atoms with Gasteiger partial charge in [-0.1, -0.05) is 27.7 Å². The Labute approximate surface area is 142 Å². The molecule has 0 saturated heterocycles. The zero-order valence-electron chi connectivity index (χ0n) is 12.8. The fourth-order valence-corrected chi connectivity index (χ4v) is 3.74. The molecule has 0 aliphatic carbocycles. The lowest BCUT2D eigenvalue weighted by molar-refractivity contribution is 0.171. The van der Waals surface area contributed by atoms with Gasteiger partial charge in [-0.05, 0) is 44.0 Å². The summed E-state index contributed by atoms with van der Waals surface area (Å²) in [6.07, 6.45) is 0. The van der Waals surface area contributed by atoms with E-state index in [9.17, 15) is 0 Å². The highest BCUT2D eigenvalue weighted by molar-refractivity contribution is 9.10. The van der Waals surface area contributed by atoms with Crippen molar-refractivity contribution in [2.75, 3.05) is 13.2 Å². The van der Waals surface area contributed by atoms with Crippen LogP contribution in [0, 0.1) is 20.8 Å². The van der Waals surface area contributed by atoms with E-state index >= 15 is 0 Å². The Balaban J connectivity index is 1.79. The van der Waals surface area contributed by atoms with Gasteiger partial charge in [-0.3, -0.25) is 0 Å². The van der Waals surface area contributed by atoms with Crippen molar-refractivity contribution in [2.24, 2.45) is 0 Å². The molecule has 0 radical (unpaired) electrons. The van der Waals surface area contributed by atoms with Gasteiger partial charge in [0.05, 0.1) is 0 Å². The molecule has 0 N–H and O–H groups in total. The largest absolute Gasteiger partial charge is 0.486 e. The quantitative estimate of drug-likeness (QED) is 0.588. The molecule has 1 aliphatic heterocycles. The summed E-state index contributed by atoms with van der Waals surface area (Å²) in [7, 11) is 0. The smallest absolute Gasteiger partial charge is 0.188 e. The molecule has 2 aromatic rings. The Morgan fingerprint density at radius 1 is 1.05 bits per heavy atom. The van der Waals surface area contributed by atoms with Crippen LogP contribution >= 0.6 is 27.7 Å². The first kappa shape index (κ1) is 15.6. The third-order valence-electron chi connectivity index (χ3n) is 3.68. The summed E-state index contributed by atoms with van der Waals surface area (Å²) >= 11 is 5.23. The Morgan fingerprint density at radius 2 is 1.64 bits per heavy atom. The maximum Gasteiger partial charge on any atom is 0.188 e. The Hall–Kier alpha value is -1.27. The molecule has 0 atom stereocenters. The molecule has 0 fully saturated rings. The summed E-state index contributed by atoms with van der Waals surface area (Å²) < 4.78 is 12.2. The number of thioether (sulfide) groups is 1. The van der Waals surface area contributed by atoms with E-state index in [1.807, 2.05) is 26.0 Å². The normalized spacial score (nSPS) is 13.3. The van der Waals surface area contributed by atoms with E-state index in [-0.39, 0.29) is 0 Å². The van der Waals surface area contributed by atoms with Gasteiger partial charge in [0, 0.05) is 21.6 Å². The third-order valence-corrected chi connectivity index (χ3v) is 5.31. The molecular weight excluding hydrogens is 364 g/mol. The maximum atomic E-state index is 5.64. The van der Waals surface area contributed by atoms with Gasteiger partial charge in [0.15, 0.2) is 16.7 Å². The minimum absolute atomic E-state index is 0.598. The van der Waals surface area contributed by atoms with Crippen LogP contribution in [0.4, 0.5) is 0 Å². The average Bonchev–Trinajstić information content (AvgIpc) is 2.50. The summed E-state index contributed by atoms with van der Waals surface area (Å²) in [5.74, 6) is 2.38. The molecule has 116 valence electrons. The summed E-state index contributed by atoms with van der Waals surface area (Å²) in [5.41, 5.74) is 4.38. The molecule has 6 heteroatoms. The topological polar surface area (TPSA) is 44.2 Å². The van der Waals surface area contributed by atoms with Crippen LogP contribution in [0.15, 0.2) is 21.8 Å². The molecule has 1 aromatic carbocycles. The van der Waals surface area contributed by atoms with Crippen molar-refractivity contribution < 1.29 is 9.47 Å². The van der Waals surface area contributed by atoms with Gasteiger partial charge in [-0.15, -0.1) is 0 Å². The molecule has 0 bridgehead atoms. The summed E-state index contributed by atoms with van der Waals surface area (Å²) in [6, 6.07) is 4.00. The molecular formula is C16H17BrN2O2S. The minimum Gasteiger partial charge on any atom is -0.486 e. The molecule has 2 heterocycles. The summed E-state index contributed by atoms with van der Waals surface area (Å²) in [5, 5.41) is 0.808. The predicted molar refractivity (Wildman–Crippen MR) is 90.9 cm³/mol. The molecule has 0 amide bonds. The van der Waals surface area contributed by atoms with Crippen LogP contribution in [0.1, 0.15) is 22.5 Å². The first-order valence-corrected chi connectivity index (χ1v) is 8.85. The van der Waals surface area contributed by atoms with Crippen LogP contribution in [0.5, 0.6) is 11.5 Å². The Bertz CT molecular complexity index is 699. The minimum atomic E-state index is 0.598. The lowest BCUT2D eigenvalue weighted by atomic mass is 10.2. The van der Waals surface area contributed by atoms with Crippen molar-refractivity contribution in [3.05, 3.63) is 39.1 Å². The number of aryl methyl sites for hydroxylation is 2. The van der Waals surface area contributed by atoms with Gasteiger partial charge in [-0.25, -0.2) is 9.97 Å². The Morgan fingerprint density at radius 3 is 2.27 bits per heavy atom. The van der Waals surface area contributed by atoms with Crippen molar-refractivity contribution in [3.63, 3.8) is 0 Å². The summed E-state index contributed by atoms with van der Waals surface area (Å²) in [6.45, 7) is 7.29. The fourth-order valence-electron chi connectivity index (χ4n) is 2.16. The van der Waals surface area contributed by atoms with Crippen molar-refractivity contribution >= 4 is 27.7 Å². The van der Waals surface area contributed by atoms with Gasteiger partial charge in [0.25, 0.3) is 0 Å². The highest BCUT2D eigenvalue weighted by atomic mass is 79.9. The number of benzene rings is 1. The second-order valence-electron chi connectivity index (χ2n) is 5.18. The van der Waals surface area contributed by atoms with E-state index in [0.717, 1.165) is 49.4 Å². The first-order chi connectivity index (χ1) is 10.5. The van der Waals surface area contributed by atoms with Gasteiger partial charge in [0.1, 0.15) is 13.2 Å². The first-order valence-electron chi connectivity index (χ1n) is 7.07. The average molecular weight is 381 g/mol. The molecule has 0 spiro atoms. The van der Waals surface area contributed by atoms with Crippen molar-refractivity contribution in [2.45, 2.75) is 31.7 Å².